The van der Waals surface area contributed by atoms with Crippen molar-refractivity contribution in [1.29, 1.82) is 0 Å². The van der Waals surface area contributed by atoms with Crippen LogP contribution in [0.1, 0.15) is 17.5 Å². The van der Waals surface area contributed by atoms with Gasteiger partial charge in [-0.15, -0.1) is 4.80 Å². The highest BCUT2D eigenvalue weighted by Gasteiger charge is 2.41. The van der Waals surface area contributed by atoms with Crippen LogP contribution >= 0.6 is 11.6 Å². The summed E-state index contributed by atoms with van der Waals surface area (Å²) >= 11 is 6.18. The number of fused-ring (bicyclic) bond motifs is 1. The number of alkyl halides is 3. The highest BCUT2D eigenvalue weighted by atomic mass is 35.5. The molecular weight excluding hydrogens is 469 g/mol. The molecule has 2 N–H and O–H groups in total. The third-order valence-corrected chi connectivity index (χ3v) is 4.85. The van der Waals surface area contributed by atoms with Gasteiger partial charge in [-0.25, -0.2) is 14.6 Å². The second kappa shape index (κ2) is 7.90. The lowest BCUT2D eigenvalue weighted by atomic mass is 10.2. The number of ether oxygens (including phenoxy) is 2. The fourth-order valence-electron chi connectivity index (χ4n) is 3.21. The average Bonchev–Trinajstić information content (AvgIpc) is 3.52. The molecule has 4 aromatic rings. The number of halogens is 4. The van der Waals surface area contributed by atoms with Crippen molar-refractivity contribution in [1.82, 2.24) is 34.7 Å². The molecule has 0 radical (unpaired) electrons. The van der Waals surface area contributed by atoms with E-state index in [1.165, 1.54) is 41.7 Å². The summed E-state index contributed by atoms with van der Waals surface area (Å²) in [5.74, 6) is 0.266. The van der Waals surface area contributed by atoms with E-state index in [9.17, 15) is 18.3 Å². The van der Waals surface area contributed by atoms with Crippen molar-refractivity contribution in [3.05, 3.63) is 59.4 Å². The Morgan fingerprint density at radius 3 is 2.61 bits per heavy atom. The van der Waals surface area contributed by atoms with Gasteiger partial charge in [0.25, 0.3) is 5.88 Å². The summed E-state index contributed by atoms with van der Waals surface area (Å²) in [6, 6.07) is 2.67. The number of aromatic nitrogens is 7. The molecule has 11 nitrogen and oxygen atoms in total. The molecule has 1 unspecified atom stereocenters. The minimum absolute atomic E-state index is 0.0129. The van der Waals surface area contributed by atoms with Crippen molar-refractivity contribution in [2.24, 2.45) is 0 Å². The Balaban J connectivity index is 1.49. The molecule has 33 heavy (non-hydrogen) atoms. The normalized spacial score (nSPS) is 13.8. The second-order valence-electron chi connectivity index (χ2n) is 6.62. The molecule has 0 fully saturated rings. The number of nitrogens with zero attached hydrogens (tertiary/aromatic N) is 7. The van der Waals surface area contributed by atoms with E-state index in [0.29, 0.717) is 4.68 Å². The molecule has 170 valence electrons. The van der Waals surface area contributed by atoms with Crippen LogP contribution in [0.25, 0.3) is 11.5 Å². The van der Waals surface area contributed by atoms with Gasteiger partial charge in [-0.05, 0) is 12.1 Å². The van der Waals surface area contributed by atoms with Crippen LogP contribution in [0.3, 0.4) is 0 Å². The minimum atomic E-state index is -4.87. The van der Waals surface area contributed by atoms with Gasteiger partial charge in [0.15, 0.2) is 17.7 Å². The molecule has 1 aliphatic heterocycles. The van der Waals surface area contributed by atoms with E-state index >= 15 is 0 Å². The van der Waals surface area contributed by atoms with Gasteiger partial charge in [0.1, 0.15) is 5.69 Å². The van der Waals surface area contributed by atoms with Crippen LogP contribution < -0.4 is 14.8 Å². The highest BCUT2D eigenvalue weighted by molar-refractivity contribution is 6.32. The van der Waals surface area contributed by atoms with Crippen molar-refractivity contribution in [3.63, 3.8) is 0 Å². The number of aliphatic hydroxyl groups is 1. The molecule has 0 saturated carbocycles. The maximum absolute atomic E-state index is 14.0. The number of hydrogen-bond acceptors (Lipinski definition) is 9. The Bertz CT molecular complexity index is 1310. The van der Waals surface area contributed by atoms with Crippen LogP contribution in [-0.2, 0) is 6.18 Å². The van der Waals surface area contributed by atoms with Crippen molar-refractivity contribution >= 4 is 17.3 Å². The van der Waals surface area contributed by atoms with Gasteiger partial charge < -0.3 is 19.9 Å². The first-order valence-corrected chi connectivity index (χ1v) is 9.57. The number of hydrogen-bond donors (Lipinski definition) is 2. The molecule has 5 heterocycles. The Labute approximate surface area is 187 Å². The molecule has 0 amide bonds. The lowest BCUT2D eigenvalue weighted by Crippen LogP contribution is -2.20. The van der Waals surface area contributed by atoms with Crippen LogP contribution in [0.15, 0.2) is 43.1 Å². The zero-order valence-corrected chi connectivity index (χ0v) is 17.0. The third-order valence-electron chi connectivity index (χ3n) is 4.57. The number of pyridine rings is 2. The zero-order chi connectivity index (χ0) is 23.2. The number of anilines is 1. The molecular formula is C18H12ClF3N8O3. The monoisotopic (exact) mass is 480 g/mol. The van der Waals surface area contributed by atoms with Gasteiger partial charge in [-0.2, -0.15) is 28.5 Å². The van der Waals surface area contributed by atoms with Gasteiger partial charge >= 0.3 is 6.18 Å². The Kier molecular flexibility index (Phi) is 5.02. The topological polar surface area (TPSA) is 125 Å². The van der Waals surface area contributed by atoms with Gasteiger partial charge in [0.05, 0.1) is 41.1 Å². The first-order chi connectivity index (χ1) is 15.8. The highest BCUT2D eigenvalue weighted by Crippen LogP contribution is 2.41. The van der Waals surface area contributed by atoms with E-state index in [0.717, 1.165) is 6.20 Å². The van der Waals surface area contributed by atoms with Crippen LogP contribution in [0.4, 0.5) is 18.9 Å². The Morgan fingerprint density at radius 1 is 1.09 bits per heavy atom. The van der Waals surface area contributed by atoms with Crippen LogP contribution in [0.5, 0.6) is 11.6 Å². The number of aliphatic hydroxyl groups excluding tert-OH is 1. The molecule has 1 atom stereocenters. The molecule has 15 heteroatoms. The molecule has 0 aliphatic carbocycles. The van der Waals surface area contributed by atoms with Crippen molar-refractivity contribution in [2.45, 2.75) is 12.4 Å². The van der Waals surface area contributed by atoms with E-state index in [2.05, 4.69) is 30.6 Å². The summed E-state index contributed by atoms with van der Waals surface area (Å²) in [4.78, 5) is 9.16. The number of nitrogens with one attached hydrogen (secondary N) is 1. The summed E-state index contributed by atoms with van der Waals surface area (Å²) in [5, 5.41) is 24.9. The van der Waals surface area contributed by atoms with Gasteiger partial charge in [0.2, 0.25) is 12.5 Å². The van der Waals surface area contributed by atoms with E-state index < -0.39 is 23.7 Å². The van der Waals surface area contributed by atoms with Crippen molar-refractivity contribution in [2.75, 3.05) is 12.1 Å². The Hall–Kier alpha value is -3.91. The van der Waals surface area contributed by atoms with E-state index in [4.69, 9.17) is 21.1 Å². The van der Waals surface area contributed by atoms with Crippen LogP contribution in [0.2, 0.25) is 5.02 Å². The summed E-state index contributed by atoms with van der Waals surface area (Å²) in [6.45, 7) is -0.184. The molecule has 0 spiro atoms. The SMILES string of the molecule is OC(Nc1cnc(-n2nccn2)c(Cl)c1)c1cnn(-c2ccnc3c2OCO3)c1C(F)(F)F. The molecule has 0 bridgehead atoms. The van der Waals surface area contributed by atoms with Crippen molar-refractivity contribution < 1.29 is 27.8 Å². The zero-order valence-electron chi connectivity index (χ0n) is 16.2. The molecule has 5 rings (SSSR count). The van der Waals surface area contributed by atoms with Gasteiger partial charge in [-0.1, -0.05) is 11.6 Å². The van der Waals surface area contributed by atoms with E-state index in [1.807, 2.05) is 0 Å². The van der Waals surface area contributed by atoms with Crippen molar-refractivity contribution in [3.8, 4) is 23.1 Å². The average molecular weight is 481 g/mol. The molecule has 0 aromatic carbocycles. The largest absolute Gasteiger partial charge is 0.449 e. The molecule has 0 saturated heterocycles. The fraction of sp³-hybridized carbons (Fsp3) is 0.167. The predicted octanol–water partition coefficient (Wildman–Crippen LogP) is 2.75. The third kappa shape index (κ3) is 3.78. The van der Waals surface area contributed by atoms with Gasteiger partial charge in [-0.3, -0.25) is 0 Å². The summed E-state index contributed by atoms with van der Waals surface area (Å²) in [5.41, 5.74) is -1.61. The lowest BCUT2D eigenvalue weighted by Gasteiger charge is -2.18. The first-order valence-electron chi connectivity index (χ1n) is 9.20. The first kappa shape index (κ1) is 21.0. The Morgan fingerprint density at radius 2 is 1.88 bits per heavy atom. The quantitative estimate of drug-likeness (QED) is 0.415. The van der Waals surface area contributed by atoms with Crippen LogP contribution in [0, 0.1) is 0 Å². The maximum atomic E-state index is 14.0. The van der Waals surface area contributed by atoms with Gasteiger partial charge in [0, 0.05) is 6.20 Å². The standard InChI is InChI=1S/C18H12ClF3N8O3/c19-11-5-9(6-24-15(11)30-25-3-4-26-30)28-16(31)10-7-27-29(14(10)18(20,21)22)12-1-2-23-17-13(12)32-8-33-17/h1-7,16,28,31H,8H2. The minimum Gasteiger partial charge on any atom is -0.449 e. The fourth-order valence-corrected chi connectivity index (χ4v) is 3.46. The molecule has 4 aromatic heterocycles. The summed E-state index contributed by atoms with van der Waals surface area (Å²) < 4.78 is 53.0. The second-order valence-corrected chi connectivity index (χ2v) is 7.03. The maximum Gasteiger partial charge on any atom is 0.433 e. The summed E-state index contributed by atoms with van der Waals surface area (Å²) in [7, 11) is 0. The lowest BCUT2D eigenvalue weighted by molar-refractivity contribution is -0.144. The van der Waals surface area contributed by atoms with Crippen LogP contribution in [-0.4, -0.2) is 46.6 Å². The van der Waals surface area contributed by atoms with E-state index in [1.54, 1.807) is 0 Å². The summed E-state index contributed by atoms with van der Waals surface area (Å²) in [6.07, 6.45) is -0.363. The predicted molar refractivity (Wildman–Crippen MR) is 105 cm³/mol. The number of rotatable bonds is 5. The van der Waals surface area contributed by atoms with E-state index in [-0.39, 0.29) is 40.6 Å². The molecule has 1 aliphatic rings. The smallest absolute Gasteiger partial charge is 0.433 e.